The average Bonchev–Trinajstić information content (AvgIpc) is 3.37. The monoisotopic (exact) mass is 473 g/mol. The number of aromatic nitrogens is 1. The molecule has 2 aromatic carbocycles. The number of nitrogens with zero attached hydrogens (tertiary/aromatic N) is 3. The summed E-state index contributed by atoms with van der Waals surface area (Å²) < 4.78 is 11.4. The molecule has 1 saturated heterocycles. The third-order valence-electron chi connectivity index (χ3n) is 6.29. The number of anilines is 1. The first-order chi connectivity index (χ1) is 17.0. The molecule has 4 rings (SSSR count). The van der Waals surface area contributed by atoms with E-state index in [2.05, 4.69) is 46.0 Å². The van der Waals surface area contributed by atoms with Gasteiger partial charge in [0.25, 0.3) is 0 Å². The third-order valence-corrected chi connectivity index (χ3v) is 6.29. The molecule has 0 aliphatic carbocycles. The molecule has 0 bridgehead atoms. The number of carbonyl (C=O) groups excluding carboxylic acids is 1. The van der Waals surface area contributed by atoms with Crippen molar-refractivity contribution in [2.75, 3.05) is 24.5 Å². The van der Waals surface area contributed by atoms with Gasteiger partial charge in [-0.05, 0) is 62.2 Å². The summed E-state index contributed by atoms with van der Waals surface area (Å²) >= 11 is 0. The number of hydrogen-bond donors (Lipinski definition) is 0. The molecule has 1 aromatic heterocycles. The summed E-state index contributed by atoms with van der Waals surface area (Å²) in [5.41, 5.74) is 2.96. The zero-order chi connectivity index (χ0) is 24.6. The molecular formula is C29H35N3O3. The second-order valence-electron chi connectivity index (χ2n) is 9.20. The lowest BCUT2D eigenvalue weighted by atomic mass is 10.1. The molecule has 0 spiro atoms. The van der Waals surface area contributed by atoms with Gasteiger partial charge in [0.2, 0.25) is 0 Å². The fraction of sp³-hybridized carbons (Fsp3) is 0.379. The van der Waals surface area contributed by atoms with E-state index < -0.39 is 0 Å². The van der Waals surface area contributed by atoms with E-state index in [9.17, 15) is 4.79 Å². The van der Waals surface area contributed by atoms with Gasteiger partial charge in [-0.15, -0.1) is 0 Å². The number of ether oxygens (including phenoxy) is 2. The fourth-order valence-corrected chi connectivity index (χ4v) is 4.48. The van der Waals surface area contributed by atoms with E-state index in [1.165, 1.54) is 5.56 Å². The molecular weight excluding hydrogens is 438 g/mol. The molecule has 1 fully saturated rings. The van der Waals surface area contributed by atoms with Crippen LogP contribution in [0.2, 0.25) is 0 Å². The molecule has 1 aliphatic rings. The van der Waals surface area contributed by atoms with Gasteiger partial charge in [0.15, 0.2) is 0 Å². The summed E-state index contributed by atoms with van der Waals surface area (Å²) in [6.07, 6.45) is 2.61. The molecule has 35 heavy (non-hydrogen) atoms. The zero-order valence-electron chi connectivity index (χ0n) is 20.9. The Hall–Kier alpha value is -3.38. The summed E-state index contributed by atoms with van der Waals surface area (Å²) in [5.74, 6) is 1.29. The summed E-state index contributed by atoms with van der Waals surface area (Å²) in [6, 6.07) is 22.6. The predicted octanol–water partition coefficient (Wildman–Crippen LogP) is 5.33. The molecule has 6 nitrogen and oxygen atoms in total. The van der Waals surface area contributed by atoms with E-state index in [0.29, 0.717) is 18.2 Å². The van der Waals surface area contributed by atoms with Crippen molar-refractivity contribution in [3.05, 3.63) is 89.6 Å². The molecule has 0 N–H and O–H groups in total. The summed E-state index contributed by atoms with van der Waals surface area (Å²) in [5, 5.41) is 0. The van der Waals surface area contributed by atoms with Crippen molar-refractivity contribution in [3.63, 3.8) is 0 Å². The molecule has 2 heterocycles. The average molecular weight is 474 g/mol. The second-order valence-corrected chi connectivity index (χ2v) is 9.20. The maximum absolute atomic E-state index is 12.6. The van der Waals surface area contributed by atoms with Crippen LogP contribution in [0.4, 0.5) is 5.82 Å². The highest BCUT2D eigenvalue weighted by Crippen LogP contribution is 2.26. The number of rotatable bonds is 10. The van der Waals surface area contributed by atoms with Gasteiger partial charge < -0.3 is 14.4 Å². The number of likely N-dealkylation sites (N-methyl/N-ethyl adjacent to an activating group) is 1. The van der Waals surface area contributed by atoms with Crippen LogP contribution in [0.5, 0.6) is 5.75 Å². The molecule has 1 atom stereocenters. The summed E-state index contributed by atoms with van der Waals surface area (Å²) in [4.78, 5) is 21.8. The lowest BCUT2D eigenvalue weighted by Gasteiger charge is -2.28. The largest absolute Gasteiger partial charge is 0.489 e. The number of esters is 1. The van der Waals surface area contributed by atoms with E-state index in [1.54, 1.807) is 18.3 Å². The van der Waals surface area contributed by atoms with Crippen molar-refractivity contribution in [3.8, 4) is 5.75 Å². The Balaban J connectivity index is 1.35. The maximum atomic E-state index is 12.6. The Kier molecular flexibility index (Phi) is 8.37. The van der Waals surface area contributed by atoms with E-state index >= 15 is 0 Å². The van der Waals surface area contributed by atoms with Crippen molar-refractivity contribution in [2.45, 2.75) is 52.5 Å². The smallest absolute Gasteiger partial charge is 0.342 e. The minimum absolute atomic E-state index is 0.160. The van der Waals surface area contributed by atoms with Crippen LogP contribution >= 0.6 is 0 Å². The predicted molar refractivity (Wildman–Crippen MR) is 139 cm³/mol. The number of hydrogen-bond acceptors (Lipinski definition) is 6. The van der Waals surface area contributed by atoms with Crippen LogP contribution in [0.1, 0.15) is 48.7 Å². The van der Waals surface area contributed by atoms with Crippen LogP contribution in [-0.2, 0) is 17.9 Å². The van der Waals surface area contributed by atoms with Crippen molar-refractivity contribution < 1.29 is 14.3 Å². The highest BCUT2D eigenvalue weighted by molar-refractivity contribution is 5.94. The van der Waals surface area contributed by atoms with Crippen LogP contribution in [0.25, 0.3) is 0 Å². The van der Waals surface area contributed by atoms with Crippen LogP contribution in [-0.4, -0.2) is 47.6 Å². The van der Waals surface area contributed by atoms with Crippen molar-refractivity contribution >= 4 is 11.8 Å². The molecule has 3 aromatic rings. The van der Waals surface area contributed by atoms with Crippen LogP contribution in [0.3, 0.4) is 0 Å². The minimum atomic E-state index is -0.312. The van der Waals surface area contributed by atoms with Crippen molar-refractivity contribution in [1.82, 2.24) is 9.88 Å². The number of carbonyl (C=O) groups is 1. The van der Waals surface area contributed by atoms with Crippen LogP contribution in [0, 0.1) is 0 Å². The molecule has 0 amide bonds. The molecule has 6 heteroatoms. The molecule has 0 unspecified atom stereocenters. The van der Waals surface area contributed by atoms with Crippen molar-refractivity contribution in [2.24, 2.45) is 0 Å². The molecule has 184 valence electrons. The summed E-state index contributed by atoms with van der Waals surface area (Å²) in [7, 11) is 0. The zero-order valence-corrected chi connectivity index (χ0v) is 20.9. The SMILES string of the molecule is CCN(Cc1ccc(OCc2ccccc2)cc1)[C@@H]1CCN(c2ncccc2C(=O)OC(C)C)C1. The Morgan fingerprint density at radius 1 is 1.06 bits per heavy atom. The van der Waals surface area contributed by atoms with E-state index in [1.807, 2.05) is 44.2 Å². The van der Waals surface area contributed by atoms with Gasteiger partial charge >= 0.3 is 5.97 Å². The quantitative estimate of drug-likeness (QED) is 0.371. The molecule has 0 radical (unpaired) electrons. The standard InChI is InChI=1S/C29H35N3O3/c1-4-31(19-23-12-14-26(15-13-23)34-21-24-9-6-5-7-10-24)25-16-18-32(20-25)28-27(11-8-17-30-28)29(33)35-22(2)3/h5-15,17,22,25H,4,16,18-21H2,1-3H3/t25-/m1/s1. The first kappa shape index (κ1) is 24.7. The number of pyridine rings is 1. The van der Waals surface area contributed by atoms with Gasteiger partial charge in [0, 0.05) is 31.9 Å². The normalized spacial score (nSPS) is 15.6. The molecule has 1 aliphatic heterocycles. The Morgan fingerprint density at radius 3 is 2.54 bits per heavy atom. The highest BCUT2D eigenvalue weighted by Gasteiger charge is 2.30. The van der Waals surface area contributed by atoms with Crippen LogP contribution in [0.15, 0.2) is 72.9 Å². The lowest BCUT2D eigenvalue weighted by molar-refractivity contribution is 0.0378. The first-order valence-corrected chi connectivity index (χ1v) is 12.4. The highest BCUT2D eigenvalue weighted by atomic mass is 16.5. The molecule has 0 saturated carbocycles. The third kappa shape index (κ3) is 6.61. The van der Waals surface area contributed by atoms with Gasteiger partial charge in [0.1, 0.15) is 23.7 Å². The van der Waals surface area contributed by atoms with Gasteiger partial charge in [0.05, 0.1) is 6.10 Å². The van der Waals surface area contributed by atoms with Gasteiger partial charge in [-0.25, -0.2) is 9.78 Å². The van der Waals surface area contributed by atoms with Crippen LogP contribution < -0.4 is 9.64 Å². The van der Waals surface area contributed by atoms with E-state index in [0.717, 1.165) is 49.7 Å². The first-order valence-electron chi connectivity index (χ1n) is 12.4. The summed E-state index contributed by atoms with van der Waals surface area (Å²) in [6.45, 7) is 10.0. The minimum Gasteiger partial charge on any atom is -0.489 e. The Bertz CT molecular complexity index is 1090. The topological polar surface area (TPSA) is 54.9 Å². The number of benzene rings is 2. The Labute approximate surface area is 208 Å². The van der Waals surface area contributed by atoms with Gasteiger partial charge in [-0.1, -0.05) is 49.4 Å². The second kappa shape index (κ2) is 11.8. The fourth-order valence-electron chi connectivity index (χ4n) is 4.48. The lowest BCUT2D eigenvalue weighted by Crippen LogP contribution is -2.37. The Morgan fingerprint density at radius 2 is 1.83 bits per heavy atom. The van der Waals surface area contributed by atoms with E-state index in [-0.39, 0.29) is 12.1 Å². The maximum Gasteiger partial charge on any atom is 0.342 e. The van der Waals surface area contributed by atoms with Gasteiger partial charge in [-0.3, -0.25) is 4.90 Å². The van der Waals surface area contributed by atoms with E-state index in [4.69, 9.17) is 9.47 Å². The van der Waals surface area contributed by atoms with Gasteiger partial charge in [-0.2, -0.15) is 0 Å². The van der Waals surface area contributed by atoms with Crippen molar-refractivity contribution in [1.29, 1.82) is 0 Å².